The molecule has 1 rings (SSSR count). The fourth-order valence-electron chi connectivity index (χ4n) is 2.30. The van der Waals surface area contributed by atoms with Gasteiger partial charge < -0.3 is 20.2 Å². The van der Waals surface area contributed by atoms with Crippen LogP contribution in [-0.2, 0) is 0 Å². The summed E-state index contributed by atoms with van der Waals surface area (Å²) >= 11 is 0. The highest BCUT2D eigenvalue weighted by Gasteiger charge is 2.22. The first-order valence-corrected chi connectivity index (χ1v) is 5.85. The van der Waals surface area contributed by atoms with Crippen LogP contribution in [0.4, 0.5) is 0 Å². The number of nitrogens with one attached hydrogen (secondary N) is 1. The summed E-state index contributed by atoms with van der Waals surface area (Å²) in [5, 5.41) is 12.6. The topological polar surface area (TPSA) is 38.7 Å². The van der Waals surface area contributed by atoms with Crippen molar-refractivity contribution >= 4 is 0 Å². The molecular formula is C11H25N3O. The lowest BCUT2D eigenvalue weighted by molar-refractivity contribution is 0.112. The van der Waals surface area contributed by atoms with Gasteiger partial charge in [-0.05, 0) is 40.5 Å². The van der Waals surface area contributed by atoms with E-state index in [1.807, 2.05) is 7.05 Å². The van der Waals surface area contributed by atoms with Crippen molar-refractivity contribution < 1.29 is 5.11 Å². The Kier molecular flexibility index (Phi) is 5.53. The minimum Gasteiger partial charge on any atom is -0.390 e. The SMILES string of the molecule is CNCC(O)CN(C)CC1CCCN1C. The molecule has 1 aliphatic rings. The monoisotopic (exact) mass is 215 g/mol. The van der Waals surface area contributed by atoms with Crippen molar-refractivity contribution in [2.24, 2.45) is 0 Å². The summed E-state index contributed by atoms with van der Waals surface area (Å²) in [6.45, 7) is 3.71. The molecule has 15 heavy (non-hydrogen) atoms. The van der Waals surface area contributed by atoms with Crippen molar-refractivity contribution in [2.45, 2.75) is 25.0 Å². The van der Waals surface area contributed by atoms with E-state index in [4.69, 9.17) is 0 Å². The third-order valence-electron chi connectivity index (χ3n) is 3.16. The number of hydrogen-bond acceptors (Lipinski definition) is 4. The van der Waals surface area contributed by atoms with Crippen LogP contribution < -0.4 is 5.32 Å². The zero-order valence-corrected chi connectivity index (χ0v) is 10.2. The van der Waals surface area contributed by atoms with Crippen LogP contribution in [0.3, 0.4) is 0 Å². The molecule has 1 saturated heterocycles. The van der Waals surface area contributed by atoms with Gasteiger partial charge in [0.05, 0.1) is 6.10 Å². The molecule has 2 atom stereocenters. The van der Waals surface area contributed by atoms with Gasteiger partial charge in [-0.3, -0.25) is 0 Å². The van der Waals surface area contributed by atoms with Gasteiger partial charge >= 0.3 is 0 Å². The molecule has 0 aromatic carbocycles. The fourth-order valence-corrected chi connectivity index (χ4v) is 2.30. The number of hydrogen-bond donors (Lipinski definition) is 2. The Morgan fingerprint density at radius 3 is 2.87 bits per heavy atom. The van der Waals surface area contributed by atoms with E-state index in [-0.39, 0.29) is 6.10 Å². The molecule has 4 nitrogen and oxygen atoms in total. The predicted octanol–water partition coefficient (Wildman–Crippen LogP) is -0.407. The largest absolute Gasteiger partial charge is 0.390 e. The van der Waals surface area contributed by atoms with Crippen molar-refractivity contribution in [3.8, 4) is 0 Å². The third kappa shape index (κ3) is 4.47. The van der Waals surface area contributed by atoms with Gasteiger partial charge in [-0.1, -0.05) is 0 Å². The summed E-state index contributed by atoms with van der Waals surface area (Å²) in [6, 6.07) is 0.678. The quantitative estimate of drug-likeness (QED) is 0.632. The molecule has 1 fully saturated rings. The summed E-state index contributed by atoms with van der Waals surface area (Å²) in [5.41, 5.74) is 0. The van der Waals surface area contributed by atoms with E-state index in [0.717, 1.165) is 13.1 Å². The summed E-state index contributed by atoms with van der Waals surface area (Å²) in [5.74, 6) is 0. The lowest BCUT2D eigenvalue weighted by atomic mass is 10.2. The second kappa shape index (κ2) is 6.43. The Morgan fingerprint density at radius 1 is 1.60 bits per heavy atom. The fraction of sp³-hybridized carbons (Fsp3) is 1.00. The summed E-state index contributed by atoms with van der Waals surface area (Å²) in [7, 11) is 6.15. The van der Waals surface area contributed by atoms with Crippen LogP contribution in [0.1, 0.15) is 12.8 Å². The van der Waals surface area contributed by atoms with E-state index in [0.29, 0.717) is 12.6 Å². The standard InChI is InChI=1S/C11H25N3O/c1-12-7-11(15)9-13(2)8-10-5-4-6-14(10)3/h10-12,15H,4-9H2,1-3H3. The minimum absolute atomic E-state index is 0.258. The van der Waals surface area contributed by atoms with Gasteiger partial charge in [-0.15, -0.1) is 0 Å². The van der Waals surface area contributed by atoms with Gasteiger partial charge in [-0.25, -0.2) is 0 Å². The highest BCUT2D eigenvalue weighted by atomic mass is 16.3. The smallest absolute Gasteiger partial charge is 0.0791 e. The first-order valence-electron chi connectivity index (χ1n) is 5.85. The molecule has 2 N–H and O–H groups in total. The Hall–Kier alpha value is -0.160. The van der Waals surface area contributed by atoms with Crippen LogP contribution in [0.2, 0.25) is 0 Å². The molecule has 0 aromatic rings. The number of aliphatic hydroxyl groups is 1. The second-order valence-corrected chi connectivity index (χ2v) is 4.71. The highest BCUT2D eigenvalue weighted by Crippen LogP contribution is 2.15. The normalized spacial score (nSPS) is 25.0. The molecule has 0 aliphatic carbocycles. The number of rotatable bonds is 6. The Balaban J connectivity index is 2.19. The first-order chi connectivity index (χ1) is 7.13. The van der Waals surface area contributed by atoms with Crippen molar-refractivity contribution in [3.05, 3.63) is 0 Å². The Bertz CT molecular complexity index is 177. The molecule has 1 heterocycles. The van der Waals surface area contributed by atoms with Gasteiger partial charge in [0.1, 0.15) is 0 Å². The number of nitrogens with zero attached hydrogens (tertiary/aromatic N) is 2. The van der Waals surface area contributed by atoms with Crippen molar-refractivity contribution in [1.29, 1.82) is 0 Å². The zero-order chi connectivity index (χ0) is 11.3. The lowest BCUT2D eigenvalue weighted by Gasteiger charge is -2.27. The zero-order valence-electron chi connectivity index (χ0n) is 10.2. The first kappa shape index (κ1) is 12.9. The van der Waals surface area contributed by atoms with Crippen molar-refractivity contribution in [2.75, 3.05) is 47.3 Å². The summed E-state index contributed by atoms with van der Waals surface area (Å²) in [6.07, 6.45) is 2.35. The third-order valence-corrected chi connectivity index (χ3v) is 3.16. The second-order valence-electron chi connectivity index (χ2n) is 4.71. The van der Waals surface area contributed by atoms with Gasteiger partial charge in [0.25, 0.3) is 0 Å². The van der Waals surface area contributed by atoms with Crippen molar-refractivity contribution in [1.82, 2.24) is 15.1 Å². The Labute approximate surface area is 93.2 Å². The van der Waals surface area contributed by atoms with Gasteiger partial charge in [0, 0.05) is 25.7 Å². The van der Waals surface area contributed by atoms with Crippen molar-refractivity contribution in [3.63, 3.8) is 0 Å². The van der Waals surface area contributed by atoms with Crippen LogP contribution >= 0.6 is 0 Å². The molecule has 0 radical (unpaired) electrons. The molecule has 0 bridgehead atoms. The maximum Gasteiger partial charge on any atom is 0.0791 e. The van der Waals surface area contributed by atoms with E-state index < -0.39 is 0 Å². The molecule has 4 heteroatoms. The molecule has 0 saturated carbocycles. The van der Waals surface area contributed by atoms with Crippen LogP contribution in [0, 0.1) is 0 Å². The van der Waals surface area contributed by atoms with Gasteiger partial charge in [-0.2, -0.15) is 0 Å². The van der Waals surface area contributed by atoms with Crippen LogP contribution in [0.25, 0.3) is 0 Å². The van der Waals surface area contributed by atoms with Crippen LogP contribution in [-0.4, -0.2) is 74.4 Å². The summed E-state index contributed by atoms with van der Waals surface area (Å²) < 4.78 is 0. The van der Waals surface area contributed by atoms with Crippen LogP contribution in [0.5, 0.6) is 0 Å². The molecule has 0 amide bonds. The average molecular weight is 215 g/mol. The maximum absolute atomic E-state index is 9.64. The molecule has 1 aliphatic heterocycles. The van der Waals surface area contributed by atoms with E-state index >= 15 is 0 Å². The van der Waals surface area contributed by atoms with Crippen LogP contribution in [0.15, 0.2) is 0 Å². The van der Waals surface area contributed by atoms with Gasteiger partial charge in [0.15, 0.2) is 0 Å². The lowest BCUT2D eigenvalue weighted by Crippen LogP contribution is -2.41. The molecule has 0 aromatic heterocycles. The number of aliphatic hydroxyl groups excluding tert-OH is 1. The van der Waals surface area contributed by atoms with E-state index in [1.165, 1.54) is 19.4 Å². The van der Waals surface area contributed by atoms with E-state index in [9.17, 15) is 5.11 Å². The molecule has 90 valence electrons. The maximum atomic E-state index is 9.64. The minimum atomic E-state index is -0.258. The molecule has 0 spiro atoms. The summed E-state index contributed by atoms with van der Waals surface area (Å²) in [4.78, 5) is 4.65. The number of likely N-dealkylation sites (N-methyl/N-ethyl adjacent to an activating group) is 3. The van der Waals surface area contributed by atoms with E-state index in [2.05, 4.69) is 29.2 Å². The highest BCUT2D eigenvalue weighted by molar-refractivity contribution is 4.79. The molecule has 2 unspecified atom stereocenters. The molecular weight excluding hydrogens is 190 g/mol. The Morgan fingerprint density at radius 2 is 2.33 bits per heavy atom. The average Bonchev–Trinajstić information content (AvgIpc) is 2.52. The predicted molar refractivity (Wildman–Crippen MR) is 63.1 cm³/mol. The van der Waals surface area contributed by atoms with Gasteiger partial charge in [0.2, 0.25) is 0 Å². The number of likely N-dealkylation sites (tertiary alicyclic amines) is 1. The van der Waals surface area contributed by atoms with E-state index in [1.54, 1.807) is 0 Å².